The topological polar surface area (TPSA) is 71.1 Å². The van der Waals surface area contributed by atoms with Crippen molar-refractivity contribution in [2.45, 2.75) is 18.2 Å². The van der Waals surface area contributed by atoms with Crippen LogP contribution in [0.3, 0.4) is 0 Å². The number of sulfonamides is 1. The van der Waals surface area contributed by atoms with E-state index in [1.165, 1.54) is 6.20 Å². The molecule has 5 nitrogen and oxygen atoms in total. The summed E-state index contributed by atoms with van der Waals surface area (Å²) in [4.78, 5) is 4.47. The quantitative estimate of drug-likeness (QED) is 0.697. The van der Waals surface area contributed by atoms with Crippen LogP contribution in [0.1, 0.15) is 12.5 Å². The molecular formula is C19H19N3O2S. The first-order chi connectivity index (χ1) is 12.1. The zero-order valence-corrected chi connectivity index (χ0v) is 14.6. The number of aryl methyl sites for hydroxylation is 1. The molecule has 3 aromatic rings. The second kappa shape index (κ2) is 7.36. The molecule has 0 radical (unpaired) electrons. The van der Waals surface area contributed by atoms with Crippen LogP contribution in [0, 0.1) is 0 Å². The molecule has 0 spiro atoms. The van der Waals surface area contributed by atoms with Crippen molar-refractivity contribution in [3.05, 3.63) is 78.5 Å². The minimum absolute atomic E-state index is 0.233. The highest BCUT2D eigenvalue weighted by Crippen LogP contribution is 2.19. The molecule has 2 N–H and O–H groups in total. The highest BCUT2D eigenvalue weighted by molar-refractivity contribution is 7.92. The van der Waals surface area contributed by atoms with Gasteiger partial charge in [-0.3, -0.25) is 4.72 Å². The zero-order chi connectivity index (χ0) is 17.7. The van der Waals surface area contributed by atoms with Gasteiger partial charge in [0.25, 0.3) is 10.0 Å². The predicted octanol–water partition coefficient (Wildman–Crippen LogP) is 4.19. The normalized spacial score (nSPS) is 11.1. The zero-order valence-electron chi connectivity index (χ0n) is 13.8. The fourth-order valence-corrected chi connectivity index (χ4v) is 3.36. The van der Waals surface area contributed by atoms with Crippen LogP contribution in [0.4, 0.5) is 17.2 Å². The standard InChI is InChI=1S/C19H19N3O2S/c1-2-15-8-11-18(12-9-15)25(23,24)22-17-10-13-19(20-14-17)21-16-6-4-3-5-7-16/h3-14,22H,2H2,1H3,(H,20,21). The third-order valence-corrected chi connectivity index (χ3v) is 5.10. The molecule has 6 heteroatoms. The minimum atomic E-state index is -3.62. The van der Waals surface area contributed by atoms with Crippen molar-refractivity contribution in [1.29, 1.82) is 0 Å². The van der Waals surface area contributed by atoms with Crippen molar-refractivity contribution >= 4 is 27.2 Å². The second-order valence-corrected chi connectivity index (χ2v) is 7.21. The molecular weight excluding hydrogens is 334 g/mol. The number of nitrogens with one attached hydrogen (secondary N) is 2. The van der Waals surface area contributed by atoms with Crippen molar-refractivity contribution in [1.82, 2.24) is 4.98 Å². The summed E-state index contributed by atoms with van der Waals surface area (Å²) >= 11 is 0. The molecule has 0 atom stereocenters. The molecule has 25 heavy (non-hydrogen) atoms. The molecule has 1 aromatic heterocycles. The number of hydrogen-bond acceptors (Lipinski definition) is 4. The smallest absolute Gasteiger partial charge is 0.261 e. The van der Waals surface area contributed by atoms with E-state index in [2.05, 4.69) is 15.0 Å². The molecule has 0 amide bonds. The van der Waals surface area contributed by atoms with Gasteiger partial charge >= 0.3 is 0 Å². The average molecular weight is 353 g/mol. The summed E-state index contributed by atoms with van der Waals surface area (Å²) in [5.74, 6) is 0.640. The summed E-state index contributed by atoms with van der Waals surface area (Å²) in [6.45, 7) is 2.03. The first-order valence-corrected chi connectivity index (χ1v) is 9.45. The van der Waals surface area contributed by atoms with Gasteiger partial charge in [-0.2, -0.15) is 0 Å². The Hall–Kier alpha value is -2.86. The number of para-hydroxylation sites is 1. The van der Waals surface area contributed by atoms with Gasteiger partial charge in [0.15, 0.2) is 0 Å². The van der Waals surface area contributed by atoms with Crippen molar-refractivity contribution in [3.8, 4) is 0 Å². The Morgan fingerprint density at radius 3 is 2.20 bits per heavy atom. The molecule has 0 aliphatic heterocycles. The Kier molecular flexibility index (Phi) is 5.00. The first kappa shape index (κ1) is 17.0. The van der Waals surface area contributed by atoms with Crippen molar-refractivity contribution in [2.75, 3.05) is 10.0 Å². The highest BCUT2D eigenvalue weighted by Gasteiger charge is 2.14. The van der Waals surface area contributed by atoms with Gasteiger partial charge in [-0.25, -0.2) is 13.4 Å². The molecule has 0 bridgehead atoms. The maximum Gasteiger partial charge on any atom is 0.261 e. The van der Waals surface area contributed by atoms with E-state index in [0.717, 1.165) is 17.7 Å². The third kappa shape index (κ3) is 4.36. The lowest BCUT2D eigenvalue weighted by Gasteiger charge is -2.10. The molecule has 3 rings (SSSR count). The van der Waals surface area contributed by atoms with E-state index in [4.69, 9.17) is 0 Å². The summed E-state index contributed by atoms with van der Waals surface area (Å²) in [5, 5.41) is 3.15. The van der Waals surface area contributed by atoms with Gasteiger partial charge in [0.1, 0.15) is 5.82 Å². The minimum Gasteiger partial charge on any atom is -0.340 e. The van der Waals surface area contributed by atoms with E-state index >= 15 is 0 Å². The van der Waals surface area contributed by atoms with E-state index in [0.29, 0.717) is 11.5 Å². The molecule has 0 aliphatic rings. The van der Waals surface area contributed by atoms with Crippen LogP contribution in [0.2, 0.25) is 0 Å². The monoisotopic (exact) mass is 353 g/mol. The number of pyridine rings is 1. The van der Waals surface area contributed by atoms with Crippen LogP contribution < -0.4 is 10.0 Å². The number of hydrogen-bond donors (Lipinski definition) is 2. The molecule has 128 valence electrons. The summed E-state index contributed by atoms with van der Waals surface area (Å²) in [6.07, 6.45) is 2.36. The lowest BCUT2D eigenvalue weighted by atomic mass is 10.2. The molecule has 2 aromatic carbocycles. The number of anilines is 3. The van der Waals surface area contributed by atoms with Gasteiger partial charge in [-0.05, 0) is 48.4 Å². The van der Waals surface area contributed by atoms with Gasteiger partial charge in [0.2, 0.25) is 0 Å². The lowest BCUT2D eigenvalue weighted by Crippen LogP contribution is -2.13. The van der Waals surface area contributed by atoms with Crippen molar-refractivity contribution < 1.29 is 8.42 Å². The van der Waals surface area contributed by atoms with Gasteiger partial charge in [-0.15, -0.1) is 0 Å². The predicted molar refractivity (Wildman–Crippen MR) is 101 cm³/mol. The van der Waals surface area contributed by atoms with Crippen LogP contribution >= 0.6 is 0 Å². The first-order valence-electron chi connectivity index (χ1n) is 7.97. The van der Waals surface area contributed by atoms with E-state index in [-0.39, 0.29) is 4.90 Å². The molecule has 0 saturated heterocycles. The second-order valence-electron chi connectivity index (χ2n) is 5.53. The third-order valence-electron chi connectivity index (χ3n) is 3.70. The SMILES string of the molecule is CCc1ccc(S(=O)(=O)Nc2ccc(Nc3ccccc3)nc2)cc1. The van der Waals surface area contributed by atoms with Crippen molar-refractivity contribution in [2.24, 2.45) is 0 Å². The summed E-state index contributed by atoms with van der Waals surface area (Å²) < 4.78 is 27.4. The van der Waals surface area contributed by atoms with Crippen LogP contribution in [-0.2, 0) is 16.4 Å². The fraction of sp³-hybridized carbons (Fsp3) is 0.105. The highest BCUT2D eigenvalue weighted by atomic mass is 32.2. The van der Waals surface area contributed by atoms with Crippen LogP contribution in [0.5, 0.6) is 0 Å². The van der Waals surface area contributed by atoms with Gasteiger partial charge < -0.3 is 5.32 Å². The van der Waals surface area contributed by atoms with Crippen LogP contribution in [0.25, 0.3) is 0 Å². The van der Waals surface area contributed by atoms with Gasteiger partial charge in [-0.1, -0.05) is 37.3 Å². The van der Waals surface area contributed by atoms with Crippen molar-refractivity contribution in [3.63, 3.8) is 0 Å². The number of benzene rings is 2. The Balaban J connectivity index is 1.71. The molecule has 0 aliphatic carbocycles. The van der Waals surface area contributed by atoms with Crippen LogP contribution in [0.15, 0.2) is 77.8 Å². The molecule has 0 saturated carbocycles. The van der Waals surface area contributed by atoms with E-state index in [9.17, 15) is 8.42 Å². The van der Waals surface area contributed by atoms with E-state index < -0.39 is 10.0 Å². The summed E-state index contributed by atoms with van der Waals surface area (Å²) in [7, 11) is -3.62. The van der Waals surface area contributed by atoms with Gasteiger partial charge in [0.05, 0.1) is 16.8 Å². The van der Waals surface area contributed by atoms with E-state index in [1.54, 1.807) is 24.3 Å². The Morgan fingerprint density at radius 2 is 1.60 bits per heavy atom. The molecule has 0 unspecified atom stereocenters. The summed E-state index contributed by atoms with van der Waals surface area (Å²) in [5.41, 5.74) is 2.43. The number of aromatic nitrogens is 1. The van der Waals surface area contributed by atoms with Gasteiger partial charge in [0, 0.05) is 5.69 Å². The number of nitrogens with zero attached hydrogens (tertiary/aromatic N) is 1. The largest absolute Gasteiger partial charge is 0.340 e. The Labute approximate surface area is 147 Å². The van der Waals surface area contributed by atoms with E-state index in [1.807, 2.05) is 49.4 Å². The Morgan fingerprint density at radius 1 is 0.880 bits per heavy atom. The Bertz CT molecular complexity index is 923. The fourth-order valence-electron chi connectivity index (χ4n) is 2.32. The maximum atomic E-state index is 12.4. The number of rotatable bonds is 6. The average Bonchev–Trinajstić information content (AvgIpc) is 2.64. The molecule has 0 fully saturated rings. The summed E-state index contributed by atoms with van der Waals surface area (Å²) in [6, 6.07) is 19.9. The maximum absolute atomic E-state index is 12.4. The molecule has 1 heterocycles. The van der Waals surface area contributed by atoms with Crippen LogP contribution in [-0.4, -0.2) is 13.4 Å². The lowest BCUT2D eigenvalue weighted by molar-refractivity contribution is 0.601.